The van der Waals surface area contributed by atoms with Gasteiger partial charge in [-0.1, -0.05) is 11.6 Å². The summed E-state index contributed by atoms with van der Waals surface area (Å²) >= 11 is 5.83. The highest BCUT2D eigenvalue weighted by Crippen LogP contribution is 2.32. The fraction of sp³-hybridized carbons (Fsp3) is 0.150. The minimum atomic E-state index is -4.39. The number of rotatable bonds is 6. The Morgan fingerprint density at radius 2 is 1.84 bits per heavy atom. The number of anilines is 1. The summed E-state index contributed by atoms with van der Waals surface area (Å²) in [5.74, 6) is -2.41. The van der Waals surface area contributed by atoms with Gasteiger partial charge in [-0.2, -0.15) is 0 Å². The van der Waals surface area contributed by atoms with Crippen LogP contribution in [-0.2, 0) is 10.0 Å². The number of aromatic nitrogens is 3. The SMILES string of the molecule is COc1ncc(Cl)cc1S(=O)(=O)Nc1ccc(F)c(-c2cnc(/C(C)=C(/C)O)cn2)c1F. The van der Waals surface area contributed by atoms with Crippen LogP contribution >= 0.6 is 11.6 Å². The summed E-state index contributed by atoms with van der Waals surface area (Å²) in [6.45, 7) is 3.07. The van der Waals surface area contributed by atoms with E-state index >= 15 is 4.39 Å². The number of ether oxygens (including phenoxy) is 1. The lowest BCUT2D eigenvalue weighted by atomic mass is 10.1. The molecule has 3 rings (SSSR count). The first-order chi connectivity index (χ1) is 15.0. The van der Waals surface area contributed by atoms with Gasteiger partial charge in [-0.3, -0.25) is 14.7 Å². The number of hydrogen-bond donors (Lipinski definition) is 2. The van der Waals surface area contributed by atoms with Crippen molar-refractivity contribution < 1.29 is 27.0 Å². The van der Waals surface area contributed by atoms with Crippen molar-refractivity contribution in [3.8, 4) is 17.1 Å². The summed E-state index contributed by atoms with van der Waals surface area (Å²) in [4.78, 5) is 11.4. The first-order valence-corrected chi connectivity index (χ1v) is 10.8. The fourth-order valence-corrected chi connectivity index (χ4v) is 4.08. The normalized spacial score (nSPS) is 12.3. The number of hydrogen-bond acceptors (Lipinski definition) is 7. The van der Waals surface area contributed by atoms with Gasteiger partial charge in [0.1, 0.15) is 5.82 Å². The zero-order chi connectivity index (χ0) is 23.6. The van der Waals surface area contributed by atoms with Gasteiger partial charge in [0, 0.05) is 11.8 Å². The van der Waals surface area contributed by atoms with Crippen LogP contribution in [0.2, 0.25) is 5.02 Å². The van der Waals surface area contributed by atoms with Crippen LogP contribution in [0.5, 0.6) is 5.88 Å². The van der Waals surface area contributed by atoms with Gasteiger partial charge < -0.3 is 9.84 Å². The maximum Gasteiger partial charge on any atom is 0.267 e. The molecule has 0 bridgehead atoms. The topological polar surface area (TPSA) is 114 Å². The number of nitrogens with one attached hydrogen (secondary N) is 1. The van der Waals surface area contributed by atoms with Crippen LogP contribution in [0.3, 0.4) is 0 Å². The standard InChI is InChI=1S/C20H17ClF2N4O4S/c1-10(11(2)28)15-8-25-16(9-24-15)18-13(22)4-5-14(19(18)23)27-32(29,30)17-6-12(21)7-26-20(17)31-3/h4-9,27-28H,1-3H3/b11-10-. The zero-order valence-corrected chi connectivity index (χ0v) is 18.6. The Hall–Kier alpha value is -3.31. The van der Waals surface area contributed by atoms with E-state index in [1.54, 1.807) is 6.92 Å². The predicted molar refractivity (Wildman–Crippen MR) is 115 cm³/mol. The second-order valence-corrected chi connectivity index (χ2v) is 8.63. The third-order valence-corrected chi connectivity index (χ3v) is 6.00. The summed E-state index contributed by atoms with van der Waals surface area (Å²) in [6, 6.07) is 2.91. The molecule has 2 heterocycles. The third-order valence-electron chi connectivity index (χ3n) is 4.44. The number of nitrogens with zero attached hydrogens (tertiary/aromatic N) is 3. The number of pyridine rings is 1. The molecule has 0 saturated heterocycles. The van der Waals surface area contributed by atoms with Crippen molar-refractivity contribution in [2.24, 2.45) is 0 Å². The quantitative estimate of drug-likeness (QED) is 0.494. The van der Waals surface area contributed by atoms with E-state index in [1.807, 2.05) is 4.72 Å². The highest BCUT2D eigenvalue weighted by molar-refractivity contribution is 7.92. The van der Waals surface area contributed by atoms with E-state index in [0.717, 1.165) is 24.4 Å². The maximum atomic E-state index is 15.2. The van der Waals surface area contributed by atoms with E-state index < -0.39 is 37.8 Å². The van der Waals surface area contributed by atoms with E-state index in [0.29, 0.717) is 11.3 Å². The molecule has 0 atom stereocenters. The van der Waals surface area contributed by atoms with Gasteiger partial charge in [0.2, 0.25) is 5.88 Å². The summed E-state index contributed by atoms with van der Waals surface area (Å²) in [6.07, 6.45) is 3.54. The lowest BCUT2D eigenvalue weighted by Gasteiger charge is -2.14. The molecule has 0 radical (unpaired) electrons. The summed E-state index contributed by atoms with van der Waals surface area (Å²) in [5.41, 5.74) is -0.530. The van der Waals surface area contributed by atoms with Crippen molar-refractivity contribution in [3.05, 3.63) is 64.9 Å². The number of allylic oxidation sites excluding steroid dienone is 2. The highest BCUT2D eigenvalue weighted by Gasteiger charge is 2.25. The first-order valence-electron chi connectivity index (χ1n) is 8.94. The third kappa shape index (κ3) is 4.63. The number of aliphatic hydroxyl groups excluding tert-OH is 1. The Morgan fingerprint density at radius 1 is 1.12 bits per heavy atom. The molecule has 8 nitrogen and oxygen atoms in total. The van der Waals surface area contributed by atoms with Crippen LogP contribution in [-0.4, -0.2) is 35.6 Å². The molecule has 0 aliphatic carbocycles. The average Bonchev–Trinajstić information content (AvgIpc) is 2.75. The molecule has 168 valence electrons. The Labute approximate surface area is 187 Å². The van der Waals surface area contributed by atoms with Gasteiger partial charge in [0.25, 0.3) is 10.0 Å². The second kappa shape index (κ2) is 9.05. The zero-order valence-electron chi connectivity index (χ0n) is 17.0. The minimum absolute atomic E-state index is 0.0178. The number of halogens is 3. The molecule has 3 aromatic rings. The first kappa shape index (κ1) is 23.4. The Kier molecular flexibility index (Phi) is 6.60. The van der Waals surface area contributed by atoms with Crippen molar-refractivity contribution in [2.45, 2.75) is 18.7 Å². The van der Waals surface area contributed by atoms with Gasteiger partial charge in [-0.25, -0.2) is 22.2 Å². The van der Waals surface area contributed by atoms with Gasteiger partial charge in [0.15, 0.2) is 10.7 Å². The van der Waals surface area contributed by atoms with Crippen LogP contribution in [0, 0.1) is 11.6 Å². The number of sulfonamides is 1. The molecule has 32 heavy (non-hydrogen) atoms. The monoisotopic (exact) mass is 482 g/mol. The van der Waals surface area contributed by atoms with Gasteiger partial charge in [-0.05, 0) is 32.0 Å². The number of aliphatic hydroxyl groups is 1. The molecular weight excluding hydrogens is 466 g/mol. The lowest BCUT2D eigenvalue weighted by Crippen LogP contribution is -2.16. The van der Waals surface area contributed by atoms with Crippen LogP contribution in [0.4, 0.5) is 14.5 Å². The largest absolute Gasteiger partial charge is 0.512 e. The van der Waals surface area contributed by atoms with Crippen molar-refractivity contribution >= 4 is 32.9 Å². The number of methoxy groups -OCH3 is 1. The summed E-state index contributed by atoms with van der Waals surface area (Å²) in [5, 5.41) is 9.56. The molecule has 12 heteroatoms. The number of benzene rings is 1. The molecule has 0 aliphatic rings. The molecule has 0 saturated carbocycles. The van der Waals surface area contributed by atoms with Gasteiger partial charge in [-0.15, -0.1) is 0 Å². The summed E-state index contributed by atoms with van der Waals surface area (Å²) in [7, 11) is -3.18. The van der Waals surface area contributed by atoms with Gasteiger partial charge in [0.05, 0.1) is 52.9 Å². The lowest BCUT2D eigenvalue weighted by molar-refractivity contribution is 0.385. The smallest absolute Gasteiger partial charge is 0.267 e. The van der Waals surface area contributed by atoms with E-state index in [-0.39, 0.29) is 22.4 Å². The van der Waals surface area contributed by atoms with Crippen molar-refractivity contribution in [1.82, 2.24) is 15.0 Å². The molecule has 0 aliphatic heterocycles. The predicted octanol–water partition coefficient (Wildman–Crippen LogP) is 4.59. The molecule has 0 amide bonds. The fourth-order valence-electron chi connectivity index (χ4n) is 2.66. The van der Waals surface area contributed by atoms with Crippen LogP contribution in [0.15, 0.2) is 47.4 Å². The molecule has 1 aromatic carbocycles. The van der Waals surface area contributed by atoms with Crippen molar-refractivity contribution in [1.29, 1.82) is 0 Å². The van der Waals surface area contributed by atoms with Crippen LogP contribution < -0.4 is 9.46 Å². The Balaban J connectivity index is 2.04. The van der Waals surface area contributed by atoms with Crippen molar-refractivity contribution in [3.63, 3.8) is 0 Å². The Morgan fingerprint density at radius 3 is 2.44 bits per heavy atom. The molecule has 2 N–H and O–H groups in total. The van der Waals surface area contributed by atoms with Crippen LogP contribution in [0.1, 0.15) is 19.5 Å². The molecular formula is C20H17ClF2N4O4S. The Bertz CT molecular complexity index is 1310. The maximum absolute atomic E-state index is 15.2. The highest BCUT2D eigenvalue weighted by atomic mass is 35.5. The molecule has 0 fully saturated rings. The summed E-state index contributed by atoms with van der Waals surface area (Å²) < 4.78 is 62.2. The second-order valence-electron chi connectivity index (χ2n) is 6.55. The molecule has 0 unspecified atom stereocenters. The van der Waals surface area contributed by atoms with E-state index in [2.05, 4.69) is 15.0 Å². The van der Waals surface area contributed by atoms with E-state index in [9.17, 15) is 17.9 Å². The minimum Gasteiger partial charge on any atom is -0.512 e. The van der Waals surface area contributed by atoms with E-state index in [4.69, 9.17) is 16.3 Å². The van der Waals surface area contributed by atoms with E-state index in [1.165, 1.54) is 26.4 Å². The molecule has 0 spiro atoms. The molecule has 2 aromatic heterocycles. The van der Waals surface area contributed by atoms with Gasteiger partial charge >= 0.3 is 0 Å². The van der Waals surface area contributed by atoms with Crippen LogP contribution in [0.25, 0.3) is 16.8 Å². The average molecular weight is 483 g/mol. The van der Waals surface area contributed by atoms with Crippen molar-refractivity contribution in [2.75, 3.05) is 11.8 Å².